The molecule has 0 aliphatic heterocycles. The van der Waals surface area contributed by atoms with Gasteiger partial charge in [0.25, 0.3) is 0 Å². The van der Waals surface area contributed by atoms with Crippen molar-refractivity contribution in [2.75, 3.05) is 6.61 Å². The number of hydrogen-bond donors (Lipinski definition) is 3. The molecule has 0 saturated heterocycles. The van der Waals surface area contributed by atoms with Crippen LogP contribution in [0, 0.1) is 5.92 Å². The first-order chi connectivity index (χ1) is 8.95. The quantitative estimate of drug-likeness (QED) is 0.705. The SMILES string of the molecule is CC(C(=O)O)c1ccc(CNC(CO)C(C)C)cc1. The predicted octanol–water partition coefficient (Wildman–Crippen LogP) is 1.98. The maximum Gasteiger partial charge on any atom is 0.310 e. The molecule has 1 aromatic rings. The summed E-state index contributed by atoms with van der Waals surface area (Å²) in [4.78, 5) is 10.9. The zero-order chi connectivity index (χ0) is 14.4. The molecule has 1 rings (SSSR count). The van der Waals surface area contributed by atoms with E-state index in [1.807, 2.05) is 24.3 Å². The Hall–Kier alpha value is -1.39. The number of carboxylic acids is 1. The Morgan fingerprint density at radius 3 is 2.21 bits per heavy atom. The summed E-state index contributed by atoms with van der Waals surface area (Å²) in [5, 5.41) is 21.4. The van der Waals surface area contributed by atoms with E-state index in [2.05, 4.69) is 19.2 Å². The van der Waals surface area contributed by atoms with Gasteiger partial charge in [-0.25, -0.2) is 0 Å². The number of aliphatic carboxylic acids is 1. The average Bonchev–Trinajstić information content (AvgIpc) is 2.38. The summed E-state index contributed by atoms with van der Waals surface area (Å²) in [5.41, 5.74) is 1.89. The van der Waals surface area contributed by atoms with Gasteiger partial charge in [-0.15, -0.1) is 0 Å². The second-order valence-electron chi connectivity index (χ2n) is 5.22. The lowest BCUT2D eigenvalue weighted by atomic mass is 10.00. The van der Waals surface area contributed by atoms with E-state index < -0.39 is 11.9 Å². The molecule has 2 unspecified atom stereocenters. The van der Waals surface area contributed by atoms with Gasteiger partial charge in [-0.05, 0) is 24.0 Å². The van der Waals surface area contributed by atoms with E-state index in [4.69, 9.17) is 5.11 Å². The molecule has 0 spiro atoms. The molecule has 1 aromatic carbocycles. The van der Waals surface area contributed by atoms with Crippen LogP contribution in [0.4, 0.5) is 0 Å². The molecule has 0 amide bonds. The van der Waals surface area contributed by atoms with Crippen molar-refractivity contribution in [1.82, 2.24) is 5.32 Å². The lowest BCUT2D eigenvalue weighted by molar-refractivity contribution is -0.138. The normalized spacial score (nSPS) is 14.4. The van der Waals surface area contributed by atoms with Crippen molar-refractivity contribution < 1.29 is 15.0 Å². The molecular weight excluding hydrogens is 242 g/mol. The minimum Gasteiger partial charge on any atom is -0.481 e. The Balaban J connectivity index is 2.60. The van der Waals surface area contributed by atoms with Gasteiger partial charge in [0, 0.05) is 12.6 Å². The van der Waals surface area contributed by atoms with Crippen molar-refractivity contribution in [3.8, 4) is 0 Å². The van der Waals surface area contributed by atoms with Gasteiger partial charge in [-0.3, -0.25) is 4.79 Å². The van der Waals surface area contributed by atoms with Gasteiger partial charge in [0.15, 0.2) is 0 Å². The van der Waals surface area contributed by atoms with E-state index in [0.29, 0.717) is 12.5 Å². The first-order valence-corrected chi connectivity index (χ1v) is 6.61. The molecular formula is C15H23NO3. The molecule has 3 N–H and O–H groups in total. The molecule has 0 aliphatic rings. The zero-order valence-electron chi connectivity index (χ0n) is 11.8. The third-order valence-electron chi connectivity index (χ3n) is 3.42. The summed E-state index contributed by atoms with van der Waals surface area (Å²) in [6, 6.07) is 7.63. The number of carbonyl (C=O) groups is 1. The van der Waals surface area contributed by atoms with Crippen molar-refractivity contribution in [2.45, 2.75) is 39.3 Å². The van der Waals surface area contributed by atoms with Crippen LogP contribution in [-0.4, -0.2) is 28.8 Å². The minimum absolute atomic E-state index is 0.0811. The molecule has 106 valence electrons. The van der Waals surface area contributed by atoms with E-state index >= 15 is 0 Å². The number of hydrogen-bond acceptors (Lipinski definition) is 3. The van der Waals surface area contributed by atoms with Gasteiger partial charge in [0.1, 0.15) is 0 Å². The molecule has 19 heavy (non-hydrogen) atoms. The number of rotatable bonds is 7. The minimum atomic E-state index is -0.814. The highest BCUT2D eigenvalue weighted by molar-refractivity contribution is 5.75. The smallest absolute Gasteiger partial charge is 0.310 e. The molecule has 0 fully saturated rings. The lowest BCUT2D eigenvalue weighted by Crippen LogP contribution is -2.36. The first kappa shape index (κ1) is 15.7. The summed E-state index contributed by atoms with van der Waals surface area (Å²) >= 11 is 0. The Bertz CT molecular complexity index is 400. The van der Waals surface area contributed by atoms with Gasteiger partial charge in [0.2, 0.25) is 0 Å². The van der Waals surface area contributed by atoms with Crippen LogP contribution < -0.4 is 5.32 Å². The molecule has 0 bridgehead atoms. The van der Waals surface area contributed by atoms with Crippen molar-refractivity contribution in [3.63, 3.8) is 0 Å². The van der Waals surface area contributed by atoms with E-state index in [0.717, 1.165) is 11.1 Å². The number of aliphatic hydroxyl groups is 1. The topological polar surface area (TPSA) is 69.6 Å². The Kier molecular flexibility index (Phi) is 5.99. The van der Waals surface area contributed by atoms with Crippen molar-refractivity contribution >= 4 is 5.97 Å². The van der Waals surface area contributed by atoms with E-state index in [1.54, 1.807) is 6.92 Å². The largest absolute Gasteiger partial charge is 0.481 e. The maximum absolute atomic E-state index is 10.9. The monoisotopic (exact) mass is 265 g/mol. The van der Waals surface area contributed by atoms with E-state index in [-0.39, 0.29) is 12.6 Å². The molecule has 2 atom stereocenters. The van der Waals surface area contributed by atoms with Gasteiger partial charge in [-0.1, -0.05) is 38.1 Å². The van der Waals surface area contributed by atoms with Crippen LogP contribution in [0.15, 0.2) is 24.3 Å². The van der Waals surface area contributed by atoms with Gasteiger partial charge in [0.05, 0.1) is 12.5 Å². The fourth-order valence-electron chi connectivity index (χ4n) is 1.83. The predicted molar refractivity (Wildman–Crippen MR) is 75.0 cm³/mol. The van der Waals surface area contributed by atoms with Crippen molar-refractivity contribution in [2.24, 2.45) is 5.92 Å². The Labute approximate surface area is 114 Å². The standard InChI is InChI=1S/C15H23NO3/c1-10(2)14(9-17)16-8-12-4-6-13(7-5-12)11(3)15(18)19/h4-7,10-11,14,16-17H,8-9H2,1-3H3,(H,18,19). The molecule has 0 aliphatic carbocycles. The summed E-state index contributed by atoms with van der Waals surface area (Å²) in [5.74, 6) is -0.926. The molecule has 0 radical (unpaired) electrons. The summed E-state index contributed by atoms with van der Waals surface area (Å²) < 4.78 is 0. The molecule has 4 heteroatoms. The number of aliphatic hydroxyl groups excluding tert-OH is 1. The number of benzene rings is 1. The molecule has 4 nitrogen and oxygen atoms in total. The van der Waals surface area contributed by atoms with Gasteiger partial charge < -0.3 is 15.5 Å². The van der Waals surface area contributed by atoms with Gasteiger partial charge in [-0.2, -0.15) is 0 Å². The maximum atomic E-state index is 10.9. The van der Waals surface area contributed by atoms with E-state index in [9.17, 15) is 9.90 Å². The zero-order valence-corrected chi connectivity index (χ0v) is 11.8. The van der Waals surface area contributed by atoms with Gasteiger partial charge >= 0.3 is 5.97 Å². The van der Waals surface area contributed by atoms with Crippen LogP contribution in [0.5, 0.6) is 0 Å². The molecule has 0 saturated carbocycles. The average molecular weight is 265 g/mol. The summed E-state index contributed by atoms with van der Waals surface area (Å²) in [7, 11) is 0. The Morgan fingerprint density at radius 2 is 1.79 bits per heavy atom. The lowest BCUT2D eigenvalue weighted by Gasteiger charge is -2.20. The number of carboxylic acid groups (broad SMARTS) is 1. The van der Waals surface area contributed by atoms with Crippen LogP contribution in [0.2, 0.25) is 0 Å². The van der Waals surface area contributed by atoms with E-state index in [1.165, 1.54) is 0 Å². The summed E-state index contributed by atoms with van der Waals surface area (Å²) in [6.45, 7) is 6.59. The van der Waals surface area contributed by atoms with Crippen LogP contribution >= 0.6 is 0 Å². The van der Waals surface area contributed by atoms with Crippen LogP contribution in [-0.2, 0) is 11.3 Å². The highest BCUT2D eigenvalue weighted by atomic mass is 16.4. The van der Waals surface area contributed by atoms with Crippen molar-refractivity contribution in [3.05, 3.63) is 35.4 Å². The molecule has 0 aromatic heterocycles. The third kappa shape index (κ3) is 4.65. The second-order valence-corrected chi connectivity index (χ2v) is 5.22. The van der Waals surface area contributed by atoms with Crippen molar-refractivity contribution in [1.29, 1.82) is 0 Å². The second kappa shape index (κ2) is 7.26. The highest BCUT2D eigenvalue weighted by Gasteiger charge is 2.14. The fourth-order valence-corrected chi connectivity index (χ4v) is 1.83. The Morgan fingerprint density at radius 1 is 1.21 bits per heavy atom. The first-order valence-electron chi connectivity index (χ1n) is 6.61. The van der Waals surface area contributed by atoms with Crippen LogP contribution in [0.3, 0.4) is 0 Å². The highest BCUT2D eigenvalue weighted by Crippen LogP contribution is 2.16. The third-order valence-corrected chi connectivity index (χ3v) is 3.42. The summed E-state index contributed by atoms with van der Waals surface area (Å²) in [6.07, 6.45) is 0. The fraction of sp³-hybridized carbons (Fsp3) is 0.533. The molecule has 0 heterocycles. The van der Waals surface area contributed by atoms with Crippen LogP contribution in [0.1, 0.15) is 37.8 Å². The number of nitrogens with one attached hydrogen (secondary N) is 1. The van der Waals surface area contributed by atoms with Crippen LogP contribution in [0.25, 0.3) is 0 Å².